The molecule has 22 heavy (non-hydrogen) atoms. The largest absolute Gasteiger partial charge is 0.469 e. The van der Waals surface area contributed by atoms with E-state index in [0.717, 1.165) is 18.6 Å². The third-order valence-electron chi connectivity index (χ3n) is 3.69. The molecule has 3 heterocycles. The Bertz CT molecular complexity index is 675. The number of aryl methyl sites for hydroxylation is 1. The summed E-state index contributed by atoms with van der Waals surface area (Å²) in [6.07, 6.45) is 3.20. The Balaban J connectivity index is 1.54. The molecule has 0 radical (unpaired) electrons. The van der Waals surface area contributed by atoms with Gasteiger partial charge in [-0.2, -0.15) is 5.10 Å². The minimum absolute atomic E-state index is 0.101. The number of amides is 2. The van der Waals surface area contributed by atoms with Crippen molar-refractivity contribution in [2.24, 2.45) is 0 Å². The molecule has 0 aliphatic carbocycles. The molecule has 1 aliphatic rings. The van der Waals surface area contributed by atoms with Gasteiger partial charge in [0.05, 0.1) is 12.8 Å². The van der Waals surface area contributed by atoms with Crippen molar-refractivity contribution >= 4 is 11.8 Å². The van der Waals surface area contributed by atoms with Crippen LogP contribution in [0.15, 0.2) is 28.9 Å². The molecule has 0 fully saturated rings. The van der Waals surface area contributed by atoms with E-state index in [1.807, 2.05) is 12.1 Å². The second-order valence-electron chi connectivity index (χ2n) is 5.30. The summed E-state index contributed by atoms with van der Waals surface area (Å²) >= 11 is 0. The summed E-state index contributed by atoms with van der Waals surface area (Å²) in [5.74, 6) is 0.549. The lowest BCUT2D eigenvalue weighted by molar-refractivity contribution is 0.0742. The van der Waals surface area contributed by atoms with Crippen LogP contribution < -0.4 is 5.32 Å². The number of hydrogen-bond acceptors (Lipinski definition) is 4. The number of fused-ring (bicyclic) bond motifs is 1. The van der Waals surface area contributed by atoms with Gasteiger partial charge in [-0.25, -0.2) is 0 Å². The lowest BCUT2D eigenvalue weighted by atomic mass is 10.2. The van der Waals surface area contributed by atoms with E-state index >= 15 is 0 Å². The molecular formula is C15H18N4O3. The Morgan fingerprint density at radius 3 is 3.09 bits per heavy atom. The van der Waals surface area contributed by atoms with Crippen LogP contribution in [0.4, 0.5) is 0 Å². The molecule has 1 aliphatic heterocycles. The van der Waals surface area contributed by atoms with Gasteiger partial charge >= 0.3 is 0 Å². The molecule has 1 N–H and O–H groups in total. The van der Waals surface area contributed by atoms with E-state index in [9.17, 15) is 9.59 Å². The topological polar surface area (TPSA) is 80.4 Å². The standard InChI is InChI=1S/C15H18N4O3/c1-18-7-8-19-13(15(18)21)10-12(17-19)14(20)16-6-2-4-11-5-3-9-22-11/h3,5,9-10H,2,4,6-8H2,1H3,(H,16,20). The Kier molecular flexibility index (Phi) is 3.95. The van der Waals surface area contributed by atoms with Gasteiger partial charge in [-0.3, -0.25) is 14.3 Å². The van der Waals surface area contributed by atoms with Crippen LogP contribution in [0, 0.1) is 0 Å². The average Bonchev–Trinajstić information content (AvgIpc) is 3.16. The van der Waals surface area contributed by atoms with Crippen LogP contribution in [0.5, 0.6) is 0 Å². The molecule has 7 nitrogen and oxygen atoms in total. The molecule has 0 saturated heterocycles. The zero-order chi connectivity index (χ0) is 15.5. The fourth-order valence-electron chi connectivity index (χ4n) is 2.42. The van der Waals surface area contributed by atoms with Crippen LogP contribution in [0.1, 0.15) is 33.2 Å². The molecule has 2 amide bonds. The third kappa shape index (κ3) is 2.88. The molecule has 0 unspecified atom stereocenters. The number of nitrogens with one attached hydrogen (secondary N) is 1. The predicted molar refractivity (Wildman–Crippen MR) is 78.5 cm³/mol. The molecule has 0 bridgehead atoms. The minimum atomic E-state index is -0.253. The summed E-state index contributed by atoms with van der Waals surface area (Å²) in [4.78, 5) is 25.7. The van der Waals surface area contributed by atoms with Crippen LogP contribution in [0.2, 0.25) is 0 Å². The molecule has 116 valence electrons. The Morgan fingerprint density at radius 1 is 1.45 bits per heavy atom. The maximum absolute atomic E-state index is 12.1. The van der Waals surface area contributed by atoms with Crippen molar-refractivity contribution in [1.82, 2.24) is 20.0 Å². The van der Waals surface area contributed by atoms with Gasteiger partial charge in [-0.1, -0.05) is 0 Å². The first-order chi connectivity index (χ1) is 10.6. The summed E-state index contributed by atoms with van der Waals surface area (Å²) in [5, 5.41) is 7.02. The van der Waals surface area contributed by atoms with E-state index in [-0.39, 0.29) is 17.5 Å². The molecule has 2 aromatic heterocycles. The maximum atomic E-state index is 12.1. The third-order valence-corrected chi connectivity index (χ3v) is 3.69. The highest BCUT2D eigenvalue weighted by Gasteiger charge is 2.25. The number of carbonyl (C=O) groups excluding carboxylic acids is 2. The van der Waals surface area contributed by atoms with Gasteiger partial charge < -0.3 is 14.6 Å². The van der Waals surface area contributed by atoms with Crippen molar-refractivity contribution in [3.63, 3.8) is 0 Å². The first-order valence-corrected chi connectivity index (χ1v) is 7.29. The first-order valence-electron chi connectivity index (χ1n) is 7.29. The van der Waals surface area contributed by atoms with Crippen LogP contribution in [-0.4, -0.2) is 46.6 Å². The second-order valence-corrected chi connectivity index (χ2v) is 5.30. The molecule has 0 aromatic carbocycles. The molecule has 0 atom stereocenters. The van der Waals surface area contributed by atoms with Crippen LogP contribution in [0.25, 0.3) is 0 Å². The van der Waals surface area contributed by atoms with Gasteiger partial charge in [0.1, 0.15) is 11.5 Å². The summed E-state index contributed by atoms with van der Waals surface area (Å²) in [6.45, 7) is 1.76. The predicted octanol–water partition coefficient (Wildman–Crippen LogP) is 0.924. The molecule has 3 rings (SSSR count). The number of hydrogen-bond donors (Lipinski definition) is 1. The number of furan rings is 1. The monoisotopic (exact) mass is 302 g/mol. The van der Waals surface area contributed by atoms with E-state index in [4.69, 9.17) is 4.42 Å². The van der Waals surface area contributed by atoms with Gasteiger partial charge in [0.25, 0.3) is 11.8 Å². The fraction of sp³-hybridized carbons (Fsp3) is 0.400. The van der Waals surface area contributed by atoms with Crippen molar-refractivity contribution in [2.45, 2.75) is 19.4 Å². The highest BCUT2D eigenvalue weighted by Crippen LogP contribution is 2.12. The summed E-state index contributed by atoms with van der Waals surface area (Å²) in [6, 6.07) is 5.31. The van der Waals surface area contributed by atoms with Crippen molar-refractivity contribution in [3.05, 3.63) is 41.6 Å². The Hall–Kier alpha value is -2.57. The van der Waals surface area contributed by atoms with Crippen molar-refractivity contribution < 1.29 is 14.0 Å². The van der Waals surface area contributed by atoms with E-state index in [0.29, 0.717) is 25.3 Å². The lowest BCUT2D eigenvalue weighted by Crippen LogP contribution is -2.37. The molecule has 0 saturated carbocycles. The minimum Gasteiger partial charge on any atom is -0.469 e. The maximum Gasteiger partial charge on any atom is 0.271 e. The van der Waals surface area contributed by atoms with Crippen molar-refractivity contribution in [3.8, 4) is 0 Å². The first kappa shape index (κ1) is 14.4. The average molecular weight is 302 g/mol. The molecule has 0 spiro atoms. The zero-order valence-corrected chi connectivity index (χ0v) is 12.4. The van der Waals surface area contributed by atoms with Gasteiger partial charge in [-0.15, -0.1) is 0 Å². The summed E-state index contributed by atoms with van der Waals surface area (Å²) in [7, 11) is 1.74. The van der Waals surface area contributed by atoms with Crippen molar-refractivity contribution in [1.29, 1.82) is 0 Å². The summed E-state index contributed by atoms with van der Waals surface area (Å²) in [5.41, 5.74) is 0.756. The molecule has 2 aromatic rings. The number of carbonyl (C=O) groups is 2. The number of nitrogens with zero attached hydrogens (tertiary/aromatic N) is 3. The zero-order valence-electron chi connectivity index (χ0n) is 12.4. The van der Waals surface area contributed by atoms with Gasteiger partial charge in [-0.05, 0) is 18.6 Å². The van der Waals surface area contributed by atoms with E-state index in [1.165, 1.54) is 0 Å². The van der Waals surface area contributed by atoms with E-state index in [1.54, 1.807) is 29.0 Å². The number of aromatic nitrogens is 2. The van der Waals surface area contributed by atoms with Crippen molar-refractivity contribution in [2.75, 3.05) is 20.1 Å². The van der Waals surface area contributed by atoms with Crippen LogP contribution in [-0.2, 0) is 13.0 Å². The number of likely N-dealkylation sites (N-methyl/N-ethyl adjacent to an activating group) is 1. The van der Waals surface area contributed by atoms with Gasteiger partial charge in [0.15, 0.2) is 5.69 Å². The normalized spacial score (nSPS) is 14.0. The van der Waals surface area contributed by atoms with Crippen LogP contribution >= 0.6 is 0 Å². The highest BCUT2D eigenvalue weighted by atomic mass is 16.3. The Morgan fingerprint density at radius 2 is 2.32 bits per heavy atom. The highest BCUT2D eigenvalue weighted by molar-refractivity contribution is 5.98. The van der Waals surface area contributed by atoms with E-state index < -0.39 is 0 Å². The molecular weight excluding hydrogens is 284 g/mol. The molecule has 7 heteroatoms. The van der Waals surface area contributed by atoms with Crippen LogP contribution in [0.3, 0.4) is 0 Å². The SMILES string of the molecule is CN1CCn2nc(C(=O)NCCCc3ccco3)cc2C1=O. The number of rotatable bonds is 5. The smallest absolute Gasteiger partial charge is 0.271 e. The van der Waals surface area contributed by atoms with Gasteiger partial charge in [0, 0.05) is 32.6 Å². The fourth-order valence-corrected chi connectivity index (χ4v) is 2.42. The Labute approximate surface area is 127 Å². The quantitative estimate of drug-likeness (QED) is 0.833. The summed E-state index contributed by atoms with van der Waals surface area (Å²) < 4.78 is 6.83. The van der Waals surface area contributed by atoms with Gasteiger partial charge in [0.2, 0.25) is 0 Å². The van der Waals surface area contributed by atoms with E-state index in [2.05, 4.69) is 10.4 Å². The second kappa shape index (κ2) is 6.05. The lowest BCUT2D eigenvalue weighted by Gasteiger charge is -2.22.